The third-order valence-corrected chi connectivity index (χ3v) is 4.35. The first kappa shape index (κ1) is 18.1. The highest BCUT2D eigenvalue weighted by molar-refractivity contribution is 6.31. The van der Waals surface area contributed by atoms with Crippen molar-refractivity contribution in [2.45, 2.75) is 20.0 Å². The van der Waals surface area contributed by atoms with Crippen molar-refractivity contribution in [3.63, 3.8) is 0 Å². The predicted molar refractivity (Wildman–Crippen MR) is 101 cm³/mol. The lowest BCUT2D eigenvalue weighted by molar-refractivity contribution is -0.134. The molecule has 0 fully saturated rings. The van der Waals surface area contributed by atoms with Crippen LogP contribution in [0.4, 0.5) is 0 Å². The van der Waals surface area contributed by atoms with E-state index >= 15 is 0 Å². The zero-order chi connectivity index (χ0) is 18.4. The summed E-state index contributed by atoms with van der Waals surface area (Å²) in [7, 11) is 0. The number of carbonyl (C=O) groups is 1. The molecule has 4 nitrogen and oxygen atoms in total. The van der Waals surface area contributed by atoms with Crippen LogP contribution in [0.25, 0.3) is 0 Å². The Bertz CT molecular complexity index is 844. The van der Waals surface area contributed by atoms with Crippen LogP contribution < -0.4 is 4.74 Å². The van der Waals surface area contributed by atoms with E-state index in [2.05, 4.69) is 0 Å². The molecule has 134 valence electrons. The molecule has 0 radical (unpaired) electrons. The number of nitrogens with zero attached hydrogens (tertiary/aromatic N) is 1. The SMILES string of the molecule is Cc1ccc(OCC(=O)N(Cc2ccco2)Cc2ccccc2Cl)cc1. The average molecular weight is 370 g/mol. The van der Waals surface area contributed by atoms with E-state index in [1.165, 1.54) is 0 Å². The highest BCUT2D eigenvalue weighted by Gasteiger charge is 2.18. The predicted octanol–water partition coefficient (Wildman–Crippen LogP) is 4.85. The topological polar surface area (TPSA) is 42.7 Å². The second kappa shape index (κ2) is 8.59. The van der Waals surface area contributed by atoms with Crippen molar-refractivity contribution < 1.29 is 13.9 Å². The maximum atomic E-state index is 12.7. The van der Waals surface area contributed by atoms with Gasteiger partial charge in [-0.15, -0.1) is 0 Å². The number of amides is 1. The highest BCUT2D eigenvalue weighted by Crippen LogP contribution is 2.19. The van der Waals surface area contributed by atoms with Gasteiger partial charge >= 0.3 is 0 Å². The van der Waals surface area contributed by atoms with Gasteiger partial charge in [-0.1, -0.05) is 47.5 Å². The molecule has 0 atom stereocenters. The molecule has 0 bridgehead atoms. The van der Waals surface area contributed by atoms with Crippen LogP contribution in [-0.4, -0.2) is 17.4 Å². The van der Waals surface area contributed by atoms with Crippen LogP contribution in [0.1, 0.15) is 16.9 Å². The number of carbonyl (C=O) groups excluding carboxylic acids is 1. The molecule has 0 spiro atoms. The lowest BCUT2D eigenvalue weighted by Crippen LogP contribution is -2.34. The quantitative estimate of drug-likeness (QED) is 0.598. The Labute approximate surface area is 158 Å². The van der Waals surface area contributed by atoms with Crippen LogP contribution in [0.5, 0.6) is 5.75 Å². The molecular weight excluding hydrogens is 350 g/mol. The van der Waals surface area contributed by atoms with E-state index < -0.39 is 0 Å². The minimum absolute atomic E-state index is 0.0474. The summed E-state index contributed by atoms with van der Waals surface area (Å²) >= 11 is 6.25. The molecule has 0 aliphatic carbocycles. The number of aryl methyl sites for hydroxylation is 1. The summed E-state index contributed by atoms with van der Waals surface area (Å²) in [4.78, 5) is 14.4. The fraction of sp³-hybridized carbons (Fsp3) is 0.190. The second-order valence-electron chi connectivity index (χ2n) is 6.02. The molecular formula is C21H20ClNO3. The molecule has 2 aromatic carbocycles. The van der Waals surface area contributed by atoms with E-state index in [-0.39, 0.29) is 12.5 Å². The Morgan fingerprint density at radius 3 is 2.50 bits per heavy atom. The molecule has 0 unspecified atom stereocenters. The van der Waals surface area contributed by atoms with Gasteiger partial charge in [0, 0.05) is 11.6 Å². The van der Waals surface area contributed by atoms with E-state index in [0.717, 1.165) is 11.1 Å². The Hall–Kier alpha value is -2.72. The van der Waals surface area contributed by atoms with Crippen molar-refractivity contribution in [3.8, 4) is 5.75 Å². The normalized spacial score (nSPS) is 10.5. The van der Waals surface area contributed by atoms with Crippen LogP contribution in [0.15, 0.2) is 71.3 Å². The summed E-state index contributed by atoms with van der Waals surface area (Å²) in [5, 5.41) is 0.629. The van der Waals surface area contributed by atoms with Crippen molar-refractivity contribution in [2.24, 2.45) is 0 Å². The van der Waals surface area contributed by atoms with Gasteiger partial charge in [-0.05, 0) is 42.8 Å². The molecule has 0 saturated heterocycles. The zero-order valence-electron chi connectivity index (χ0n) is 14.5. The average Bonchev–Trinajstić information content (AvgIpc) is 3.15. The summed E-state index contributed by atoms with van der Waals surface area (Å²) in [5.74, 6) is 1.24. The third-order valence-electron chi connectivity index (χ3n) is 3.98. The lowest BCUT2D eigenvalue weighted by Gasteiger charge is -2.22. The van der Waals surface area contributed by atoms with Gasteiger partial charge in [0.2, 0.25) is 0 Å². The van der Waals surface area contributed by atoms with Gasteiger partial charge in [-0.3, -0.25) is 4.79 Å². The monoisotopic (exact) mass is 369 g/mol. The van der Waals surface area contributed by atoms with Crippen LogP contribution in [0.2, 0.25) is 5.02 Å². The molecule has 0 saturated carbocycles. The first-order valence-corrected chi connectivity index (χ1v) is 8.72. The molecule has 1 aromatic heterocycles. The van der Waals surface area contributed by atoms with Crippen molar-refractivity contribution in [1.82, 2.24) is 4.90 Å². The van der Waals surface area contributed by atoms with Gasteiger partial charge in [0.15, 0.2) is 6.61 Å². The maximum Gasteiger partial charge on any atom is 0.261 e. The van der Waals surface area contributed by atoms with E-state index in [0.29, 0.717) is 29.6 Å². The van der Waals surface area contributed by atoms with Gasteiger partial charge in [0.05, 0.1) is 12.8 Å². The van der Waals surface area contributed by atoms with Gasteiger partial charge in [-0.25, -0.2) is 0 Å². The summed E-state index contributed by atoms with van der Waals surface area (Å²) < 4.78 is 11.0. The van der Waals surface area contributed by atoms with Gasteiger partial charge in [0.1, 0.15) is 11.5 Å². The Balaban J connectivity index is 1.70. The first-order chi connectivity index (χ1) is 12.6. The number of furan rings is 1. The van der Waals surface area contributed by atoms with E-state index in [9.17, 15) is 4.79 Å². The molecule has 1 amide bonds. The summed E-state index contributed by atoms with van der Waals surface area (Å²) in [6.45, 7) is 2.70. The fourth-order valence-electron chi connectivity index (χ4n) is 2.53. The molecule has 1 heterocycles. The molecule has 26 heavy (non-hydrogen) atoms. The Morgan fingerprint density at radius 2 is 1.81 bits per heavy atom. The zero-order valence-corrected chi connectivity index (χ0v) is 15.3. The minimum Gasteiger partial charge on any atom is -0.484 e. The van der Waals surface area contributed by atoms with Crippen LogP contribution in [0, 0.1) is 6.92 Å². The standard InChI is InChI=1S/C21H20ClNO3/c1-16-8-10-18(11-9-16)26-15-21(24)23(14-19-6-4-12-25-19)13-17-5-2-3-7-20(17)22/h2-12H,13-15H2,1H3. The number of halogens is 1. The van der Waals surface area contributed by atoms with Gasteiger partial charge in [-0.2, -0.15) is 0 Å². The van der Waals surface area contributed by atoms with E-state index in [1.54, 1.807) is 17.2 Å². The summed E-state index contributed by atoms with van der Waals surface area (Å²) in [6.07, 6.45) is 1.59. The van der Waals surface area contributed by atoms with Gasteiger partial charge < -0.3 is 14.1 Å². The number of hydrogen-bond acceptors (Lipinski definition) is 3. The second-order valence-corrected chi connectivity index (χ2v) is 6.43. The molecule has 0 aliphatic rings. The summed E-state index contributed by atoms with van der Waals surface area (Å²) in [6, 6.07) is 18.7. The van der Waals surface area contributed by atoms with Crippen LogP contribution in [0.3, 0.4) is 0 Å². The van der Waals surface area contributed by atoms with E-state index in [1.807, 2.05) is 61.5 Å². The first-order valence-electron chi connectivity index (χ1n) is 8.35. The van der Waals surface area contributed by atoms with Crippen molar-refractivity contribution in [3.05, 3.63) is 88.8 Å². The lowest BCUT2D eigenvalue weighted by atomic mass is 10.2. The van der Waals surface area contributed by atoms with Gasteiger partial charge in [0.25, 0.3) is 5.91 Å². The van der Waals surface area contributed by atoms with Crippen molar-refractivity contribution in [1.29, 1.82) is 0 Å². The largest absolute Gasteiger partial charge is 0.484 e. The van der Waals surface area contributed by atoms with E-state index in [4.69, 9.17) is 20.8 Å². The molecule has 0 aliphatic heterocycles. The number of ether oxygens (including phenoxy) is 1. The Morgan fingerprint density at radius 1 is 1.04 bits per heavy atom. The smallest absolute Gasteiger partial charge is 0.261 e. The molecule has 5 heteroatoms. The number of benzene rings is 2. The number of hydrogen-bond donors (Lipinski definition) is 0. The van der Waals surface area contributed by atoms with Crippen molar-refractivity contribution in [2.75, 3.05) is 6.61 Å². The fourth-order valence-corrected chi connectivity index (χ4v) is 2.72. The molecule has 3 aromatic rings. The van der Waals surface area contributed by atoms with Crippen LogP contribution >= 0.6 is 11.6 Å². The minimum atomic E-state index is -0.137. The van der Waals surface area contributed by atoms with Crippen LogP contribution in [-0.2, 0) is 17.9 Å². The molecule has 3 rings (SSSR count). The highest BCUT2D eigenvalue weighted by atomic mass is 35.5. The molecule has 0 N–H and O–H groups in total. The third kappa shape index (κ3) is 4.90. The Kier molecular flexibility index (Phi) is 5.97. The van der Waals surface area contributed by atoms with Crippen molar-refractivity contribution >= 4 is 17.5 Å². The number of rotatable bonds is 7. The summed E-state index contributed by atoms with van der Waals surface area (Å²) in [5.41, 5.74) is 2.02. The maximum absolute atomic E-state index is 12.7.